The summed E-state index contributed by atoms with van der Waals surface area (Å²) in [5, 5.41) is 0.224. The summed E-state index contributed by atoms with van der Waals surface area (Å²) >= 11 is 7.43. The fraction of sp³-hybridized carbons (Fsp3) is 0.462. The molecule has 0 spiro atoms. The Kier molecular flexibility index (Phi) is 2.90. The van der Waals surface area contributed by atoms with Gasteiger partial charge in [0.05, 0.1) is 27.3 Å². The van der Waals surface area contributed by atoms with Gasteiger partial charge in [-0.05, 0) is 30.5 Å². The molecule has 2 aliphatic rings. The molecule has 2 aromatic heterocycles. The number of ether oxygens (including phenoxy) is 1. The first-order valence-electron chi connectivity index (χ1n) is 6.55. The molecule has 2 fully saturated rings. The van der Waals surface area contributed by atoms with Gasteiger partial charge in [0.1, 0.15) is 0 Å². The lowest BCUT2D eigenvalue weighted by molar-refractivity contribution is 0.0303. The van der Waals surface area contributed by atoms with Crippen molar-refractivity contribution in [2.75, 3.05) is 18.0 Å². The minimum absolute atomic E-state index is 0.224. The second-order valence-corrected chi connectivity index (χ2v) is 6.58. The van der Waals surface area contributed by atoms with E-state index in [1.165, 1.54) is 11.3 Å². The number of halogens is 1. The van der Waals surface area contributed by atoms with E-state index >= 15 is 0 Å². The van der Waals surface area contributed by atoms with Crippen LogP contribution in [0.4, 0.5) is 5.82 Å². The van der Waals surface area contributed by atoms with Crippen molar-refractivity contribution in [1.29, 1.82) is 0 Å². The maximum absolute atomic E-state index is 11.0. The highest BCUT2D eigenvalue weighted by molar-refractivity contribution is 7.21. The average molecular weight is 310 g/mol. The summed E-state index contributed by atoms with van der Waals surface area (Å²) in [5.41, 5.74) is 0.742. The number of anilines is 1. The molecule has 2 aromatic rings. The average Bonchev–Trinajstić information content (AvgIpc) is 3.00. The zero-order valence-electron chi connectivity index (χ0n) is 10.6. The number of carbonyl (C=O) groups is 1. The van der Waals surface area contributed by atoms with E-state index in [-0.39, 0.29) is 17.5 Å². The molecule has 20 heavy (non-hydrogen) atoms. The van der Waals surface area contributed by atoms with Crippen LogP contribution in [0.15, 0.2) is 6.07 Å². The molecule has 2 unspecified atom stereocenters. The molecule has 0 aromatic carbocycles. The maximum atomic E-state index is 11.0. The smallest absolute Gasteiger partial charge is 0.224 e. The number of aldehydes is 1. The van der Waals surface area contributed by atoms with E-state index in [1.807, 2.05) is 0 Å². The molecular weight excluding hydrogens is 298 g/mol. The number of carbonyl (C=O) groups excluding carboxylic acids is 1. The Labute approximate surface area is 124 Å². The van der Waals surface area contributed by atoms with Gasteiger partial charge < -0.3 is 9.64 Å². The molecule has 0 amide bonds. The molecule has 0 saturated carbocycles. The maximum Gasteiger partial charge on any atom is 0.224 e. The second-order valence-electron chi connectivity index (χ2n) is 5.16. The van der Waals surface area contributed by atoms with Crippen molar-refractivity contribution in [2.45, 2.75) is 25.0 Å². The normalized spacial score (nSPS) is 25.4. The summed E-state index contributed by atoms with van der Waals surface area (Å²) in [6.45, 7) is 1.65. The SMILES string of the molecule is O=Cc1cc2nc(Cl)nc(N3CC4CCC(C3)O4)c2s1. The van der Waals surface area contributed by atoms with Crippen molar-refractivity contribution >= 4 is 45.3 Å². The number of morpholine rings is 1. The molecule has 7 heteroatoms. The molecule has 0 aliphatic carbocycles. The summed E-state index contributed by atoms with van der Waals surface area (Å²) < 4.78 is 6.78. The van der Waals surface area contributed by atoms with Crippen LogP contribution in [0, 0.1) is 0 Å². The van der Waals surface area contributed by atoms with E-state index in [9.17, 15) is 4.79 Å². The summed E-state index contributed by atoms with van der Waals surface area (Å²) in [6, 6.07) is 1.76. The van der Waals surface area contributed by atoms with Gasteiger partial charge in [-0.25, -0.2) is 4.98 Å². The van der Waals surface area contributed by atoms with Crippen LogP contribution >= 0.6 is 22.9 Å². The Morgan fingerprint density at radius 2 is 2.10 bits per heavy atom. The number of fused-ring (bicyclic) bond motifs is 3. The van der Waals surface area contributed by atoms with Crippen LogP contribution in [0.3, 0.4) is 0 Å². The van der Waals surface area contributed by atoms with Gasteiger partial charge in [-0.1, -0.05) is 0 Å². The Bertz CT molecular complexity index is 678. The van der Waals surface area contributed by atoms with E-state index in [0.717, 1.165) is 48.3 Å². The van der Waals surface area contributed by atoms with E-state index in [0.29, 0.717) is 4.88 Å². The van der Waals surface area contributed by atoms with Crippen LogP contribution in [0.2, 0.25) is 5.28 Å². The summed E-state index contributed by atoms with van der Waals surface area (Å²) in [4.78, 5) is 22.4. The van der Waals surface area contributed by atoms with Gasteiger partial charge in [-0.15, -0.1) is 11.3 Å². The highest BCUT2D eigenvalue weighted by Crippen LogP contribution is 2.36. The number of hydrogen-bond acceptors (Lipinski definition) is 6. The quantitative estimate of drug-likeness (QED) is 0.630. The van der Waals surface area contributed by atoms with E-state index < -0.39 is 0 Å². The molecule has 0 radical (unpaired) electrons. The predicted octanol–water partition coefficient (Wildman–Crippen LogP) is 2.52. The Balaban J connectivity index is 1.81. The van der Waals surface area contributed by atoms with Crippen molar-refractivity contribution < 1.29 is 9.53 Å². The molecular formula is C13H12ClN3O2S. The summed E-state index contributed by atoms with van der Waals surface area (Å²) in [7, 11) is 0. The first-order chi connectivity index (χ1) is 9.72. The van der Waals surface area contributed by atoms with E-state index in [2.05, 4.69) is 14.9 Å². The van der Waals surface area contributed by atoms with Gasteiger partial charge in [0.15, 0.2) is 12.1 Å². The molecule has 2 bridgehead atoms. The highest BCUT2D eigenvalue weighted by Gasteiger charge is 2.35. The van der Waals surface area contributed by atoms with Gasteiger partial charge in [0.2, 0.25) is 5.28 Å². The third-order valence-corrected chi connectivity index (χ3v) is 5.02. The molecule has 0 N–H and O–H groups in total. The highest BCUT2D eigenvalue weighted by atomic mass is 35.5. The third-order valence-electron chi connectivity index (χ3n) is 3.80. The molecule has 104 valence electrons. The molecule has 2 atom stereocenters. The summed E-state index contributed by atoms with van der Waals surface area (Å²) in [5.74, 6) is 0.832. The lowest BCUT2D eigenvalue weighted by Crippen LogP contribution is -2.43. The topological polar surface area (TPSA) is 55.3 Å². The molecule has 2 aliphatic heterocycles. The Morgan fingerprint density at radius 3 is 2.80 bits per heavy atom. The van der Waals surface area contributed by atoms with Gasteiger partial charge in [-0.2, -0.15) is 4.98 Å². The van der Waals surface area contributed by atoms with Crippen LogP contribution in [0.25, 0.3) is 10.2 Å². The van der Waals surface area contributed by atoms with E-state index in [4.69, 9.17) is 16.3 Å². The zero-order valence-corrected chi connectivity index (χ0v) is 12.2. The number of nitrogens with zero attached hydrogens (tertiary/aromatic N) is 3. The molecule has 4 rings (SSSR count). The fourth-order valence-electron chi connectivity index (χ4n) is 2.97. The minimum atomic E-state index is 0.224. The lowest BCUT2D eigenvalue weighted by Gasteiger charge is -2.33. The van der Waals surface area contributed by atoms with Crippen molar-refractivity contribution in [3.8, 4) is 0 Å². The number of aromatic nitrogens is 2. The van der Waals surface area contributed by atoms with Gasteiger partial charge >= 0.3 is 0 Å². The number of rotatable bonds is 2. The zero-order chi connectivity index (χ0) is 13.7. The van der Waals surface area contributed by atoms with Crippen LogP contribution < -0.4 is 4.90 Å². The predicted molar refractivity (Wildman–Crippen MR) is 77.9 cm³/mol. The molecule has 4 heterocycles. The van der Waals surface area contributed by atoms with E-state index in [1.54, 1.807) is 6.07 Å². The Hall–Kier alpha value is -1.24. The van der Waals surface area contributed by atoms with Crippen LogP contribution in [-0.4, -0.2) is 41.6 Å². The largest absolute Gasteiger partial charge is 0.371 e. The van der Waals surface area contributed by atoms with Crippen molar-refractivity contribution in [3.63, 3.8) is 0 Å². The van der Waals surface area contributed by atoms with Crippen LogP contribution in [-0.2, 0) is 4.74 Å². The summed E-state index contributed by atoms with van der Waals surface area (Å²) in [6.07, 6.45) is 3.61. The molecule has 5 nitrogen and oxygen atoms in total. The van der Waals surface area contributed by atoms with Crippen LogP contribution in [0.5, 0.6) is 0 Å². The standard InChI is InChI=1S/C13H12ClN3O2S/c14-13-15-10-3-9(6-18)20-11(10)12(16-13)17-4-7-1-2-8(5-17)19-7/h3,6-8H,1-2,4-5H2. The van der Waals surface area contributed by atoms with Gasteiger partial charge in [-0.3, -0.25) is 4.79 Å². The minimum Gasteiger partial charge on any atom is -0.371 e. The molecule has 2 saturated heterocycles. The van der Waals surface area contributed by atoms with Crippen LogP contribution in [0.1, 0.15) is 22.5 Å². The number of thiophene rings is 1. The second kappa shape index (κ2) is 4.65. The first-order valence-corrected chi connectivity index (χ1v) is 7.75. The van der Waals surface area contributed by atoms with Crippen molar-refractivity contribution in [2.24, 2.45) is 0 Å². The fourth-order valence-corrected chi connectivity index (χ4v) is 4.07. The van der Waals surface area contributed by atoms with Gasteiger partial charge in [0.25, 0.3) is 0 Å². The first kappa shape index (κ1) is 12.5. The van der Waals surface area contributed by atoms with Crippen molar-refractivity contribution in [3.05, 3.63) is 16.2 Å². The monoisotopic (exact) mass is 309 g/mol. The lowest BCUT2D eigenvalue weighted by atomic mass is 10.2. The number of hydrogen-bond donors (Lipinski definition) is 0. The third kappa shape index (κ3) is 1.99. The van der Waals surface area contributed by atoms with Crippen molar-refractivity contribution in [1.82, 2.24) is 9.97 Å². The van der Waals surface area contributed by atoms with Gasteiger partial charge in [0, 0.05) is 13.1 Å². The Morgan fingerprint density at radius 1 is 1.35 bits per heavy atom.